The minimum Gasteiger partial charge on any atom is -0.315 e. The topological polar surface area (TPSA) is 12.0 Å². The van der Waals surface area contributed by atoms with Gasteiger partial charge in [0.1, 0.15) is 0 Å². The lowest BCUT2D eigenvalue weighted by Gasteiger charge is -2.43. The molecular formula is C19H30ClN. The standard InChI is InChI=1S/C19H30ClN/c1-2-3-4-5-6-7-8-9-14-19(15-21-16-19)17-10-12-18(20)13-11-17/h10-13,21H,2-9,14-16H2,1H3. The van der Waals surface area contributed by atoms with Crippen molar-refractivity contribution in [3.63, 3.8) is 0 Å². The Morgan fingerprint density at radius 1 is 0.905 bits per heavy atom. The summed E-state index contributed by atoms with van der Waals surface area (Å²) in [5.74, 6) is 0. The molecule has 0 bridgehead atoms. The van der Waals surface area contributed by atoms with Crippen LogP contribution in [0.2, 0.25) is 5.02 Å². The molecule has 1 aliphatic heterocycles. The molecule has 0 spiro atoms. The number of rotatable bonds is 10. The van der Waals surface area contributed by atoms with Crippen LogP contribution in [0, 0.1) is 0 Å². The largest absolute Gasteiger partial charge is 0.315 e. The van der Waals surface area contributed by atoms with Crippen LogP contribution in [0.4, 0.5) is 0 Å². The minimum atomic E-state index is 0.382. The van der Waals surface area contributed by atoms with Gasteiger partial charge in [-0.15, -0.1) is 0 Å². The van der Waals surface area contributed by atoms with Gasteiger partial charge in [0.05, 0.1) is 0 Å². The lowest BCUT2D eigenvalue weighted by Crippen LogP contribution is -2.56. The number of hydrogen-bond donors (Lipinski definition) is 1. The highest BCUT2D eigenvalue weighted by molar-refractivity contribution is 6.30. The lowest BCUT2D eigenvalue weighted by atomic mass is 9.71. The van der Waals surface area contributed by atoms with Gasteiger partial charge >= 0.3 is 0 Å². The quantitative estimate of drug-likeness (QED) is 0.546. The number of hydrogen-bond acceptors (Lipinski definition) is 1. The van der Waals surface area contributed by atoms with E-state index in [0.717, 1.165) is 18.1 Å². The molecule has 1 N–H and O–H groups in total. The molecule has 1 nitrogen and oxygen atoms in total. The summed E-state index contributed by atoms with van der Waals surface area (Å²) in [5.41, 5.74) is 1.85. The van der Waals surface area contributed by atoms with Gasteiger partial charge in [0.2, 0.25) is 0 Å². The van der Waals surface area contributed by atoms with Gasteiger partial charge in [0.15, 0.2) is 0 Å². The van der Waals surface area contributed by atoms with Crippen LogP contribution < -0.4 is 5.32 Å². The Kier molecular flexibility index (Phi) is 7.06. The SMILES string of the molecule is CCCCCCCCCCC1(c2ccc(Cl)cc2)CNC1. The van der Waals surface area contributed by atoms with Crippen molar-refractivity contribution in [3.05, 3.63) is 34.9 Å². The molecule has 2 heteroatoms. The Hall–Kier alpha value is -0.530. The van der Waals surface area contributed by atoms with Crippen molar-refractivity contribution in [2.24, 2.45) is 0 Å². The summed E-state index contributed by atoms with van der Waals surface area (Å²) in [4.78, 5) is 0. The maximum Gasteiger partial charge on any atom is 0.0406 e. The van der Waals surface area contributed by atoms with Gasteiger partial charge in [-0.3, -0.25) is 0 Å². The molecule has 0 saturated carbocycles. The summed E-state index contributed by atoms with van der Waals surface area (Å²) in [6.45, 7) is 4.54. The minimum absolute atomic E-state index is 0.382. The third-order valence-corrected chi connectivity index (χ3v) is 5.14. The van der Waals surface area contributed by atoms with Crippen LogP contribution in [0.5, 0.6) is 0 Å². The van der Waals surface area contributed by atoms with Crippen LogP contribution in [0.25, 0.3) is 0 Å². The molecule has 0 aliphatic carbocycles. The molecule has 0 atom stereocenters. The van der Waals surface area contributed by atoms with E-state index < -0.39 is 0 Å². The second-order valence-electron chi connectivity index (χ2n) is 6.62. The zero-order chi connectivity index (χ0) is 15.0. The van der Waals surface area contributed by atoms with E-state index in [1.165, 1.54) is 63.4 Å². The first-order valence-electron chi connectivity index (χ1n) is 8.74. The average Bonchev–Trinajstić information content (AvgIpc) is 2.45. The smallest absolute Gasteiger partial charge is 0.0406 e. The fourth-order valence-corrected chi connectivity index (χ4v) is 3.48. The highest BCUT2D eigenvalue weighted by atomic mass is 35.5. The zero-order valence-electron chi connectivity index (χ0n) is 13.5. The zero-order valence-corrected chi connectivity index (χ0v) is 14.2. The Labute approximate surface area is 135 Å². The van der Waals surface area contributed by atoms with Crippen molar-refractivity contribution in [2.75, 3.05) is 13.1 Å². The van der Waals surface area contributed by atoms with E-state index in [4.69, 9.17) is 11.6 Å². The summed E-state index contributed by atoms with van der Waals surface area (Å²) in [6.07, 6.45) is 12.5. The van der Waals surface area contributed by atoms with Crippen molar-refractivity contribution in [1.29, 1.82) is 0 Å². The highest BCUT2D eigenvalue weighted by Crippen LogP contribution is 2.34. The first kappa shape index (κ1) is 16.8. The fraction of sp³-hybridized carbons (Fsp3) is 0.684. The summed E-state index contributed by atoms with van der Waals surface area (Å²) in [5, 5.41) is 4.30. The van der Waals surface area contributed by atoms with Gasteiger partial charge < -0.3 is 5.32 Å². The van der Waals surface area contributed by atoms with E-state index in [9.17, 15) is 0 Å². The van der Waals surface area contributed by atoms with E-state index in [-0.39, 0.29) is 0 Å². The Morgan fingerprint density at radius 3 is 2.00 bits per heavy atom. The first-order valence-corrected chi connectivity index (χ1v) is 9.11. The van der Waals surface area contributed by atoms with Gasteiger partial charge in [0.25, 0.3) is 0 Å². The molecule has 1 aromatic rings. The van der Waals surface area contributed by atoms with Crippen LogP contribution >= 0.6 is 11.6 Å². The Balaban J connectivity index is 1.67. The third kappa shape index (κ3) is 5.00. The van der Waals surface area contributed by atoms with Crippen molar-refractivity contribution < 1.29 is 0 Å². The van der Waals surface area contributed by atoms with Gasteiger partial charge in [-0.2, -0.15) is 0 Å². The molecule has 0 unspecified atom stereocenters. The molecule has 21 heavy (non-hydrogen) atoms. The summed E-state index contributed by atoms with van der Waals surface area (Å²) in [6, 6.07) is 8.50. The third-order valence-electron chi connectivity index (χ3n) is 4.89. The van der Waals surface area contributed by atoms with E-state index in [1.807, 2.05) is 12.1 Å². The molecule has 0 radical (unpaired) electrons. The molecule has 1 fully saturated rings. The number of nitrogens with one attached hydrogen (secondary N) is 1. The van der Waals surface area contributed by atoms with Crippen LogP contribution in [-0.2, 0) is 5.41 Å². The summed E-state index contributed by atoms with van der Waals surface area (Å²) in [7, 11) is 0. The predicted molar refractivity (Wildman–Crippen MR) is 93.2 cm³/mol. The van der Waals surface area contributed by atoms with E-state index in [2.05, 4.69) is 24.4 Å². The van der Waals surface area contributed by atoms with E-state index in [1.54, 1.807) is 0 Å². The number of benzene rings is 1. The lowest BCUT2D eigenvalue weighted by molar-refractivity contribution is 0.249. The molecule has 0 amide bonds. The first-order chi connectivity index (χ1) is 10.3. The predicted octanol–water partition coefficient (Wildman–Crippen LogP) is 5.71. The molecule has 118 valence electrons. The van der Waals surface area contributed by atoms with Crippen molar-refractivity contribution in [1.82, 2.24) is 5.32 Å². The second kappa shape index (κ2) is 8.80. The maximum absolute atomic E-state index is 6.01. The Morgan fingerprint density at radius 2 is 1.48 bits per heavy atom. The molecular weight excluding hydrogens is 278 g/mol. The molecule has 0 aromatic heterocycles. The molecule has 1 heterocycles. The van der Waals surface area contributed by atoms with E-state index in [0.29, 0.717) is 5.41 Å². The molecule has 1 aromatic carbocycles. The van der Waals surface area contributed by atoms with Gasteiger partial charge in [-0.25, -0.2) is 0 Å². The average molecular weight is 308 g/mol. The van der Waals surface area contributed by atoms with Crippen molar-refractivity contribution in [3.8, 4) is 0 Å². The Bertz CT molecular complexity index is 395. The van der Waals surface area contributed by atoms with Gasteiger partial charge in [-0.05, 0) is 24.1 Å². The van der Waals surface area contributed by atoms with Crippen LogP contribution in [0.15, 0.2) is 24.3 Å². The van der Waals surface area contributed by atoms with E-state index >= 15 is 0 Å². The van der Waals surface area contributed by atoms with Crippen LogP contribution in [0.3, 0.4) is 0 Å². The maximum atomic E-state index is 6.01. The fourth-order valence-electron chi connectivity index (χ4n) is 3.35. The normalized spacial score (nSPS) is 16.7. The molecule has 2 rings (SSSR count). The number of halogens is 1. The van der Waals surface area contributed by atoms with Crippen molar-refractivity contribution in [2.45, 2.75) is 70.1 Å². The van der Waals surface area contributed by atoms with Crippen molar-refractivity contribution >= 4 is 11.6 Å². The highest BCUT2D eigenvalue weighted by Gasteiger charge is 2.37. The monoisotopic (exact) mass is 307 g/mol. The van der Waals surface area contributed by atoms with Gasteiger partial charge in [0, 0.05) is 23.5 Å². The van der Waals surface area contributed by atoms with Gasteiger partial charge in [-0.1, -0.05) is 82.0 Å². The summed E-state index contributed by atoms with van der Waals surface area (Å²) < 4.78 is 0. The summed E-state index contributed by atoms with van der Waals surface area (Å²) >= 11 is 6.01. The second-order valence-corrected chi connectivity index (χ2v) is 7.05. The molecule has 1 aliphatic rings. The molecule has 1 saturated heterocycles. The number of unbranched alkanes of at least 4 members (excludes halogenated alkanes) is 7. The van der Waals surface area contributed by atoms with Crippen LogP contribution in [0.1, 0.15) is 70.3 Å². The van der Waals surface area contributed by atoms with Crippen LogP contribution in [-0.4, -0.2) is 13.1 Å².